The van der Waals surface area contributed by atoms with Gasteiger partial charge < -0.3 is 14.4 Å². The summed E-state index contributed by atoms with van der Waals surface area (Å²) in [5.74, 6) is 0.669. The Kier molecular flexibility index (Phi) is 6.57. The molecule has 0 atom stereocenters. The van der Waals surface area contributed by atoms with Crippen molar-refractivity contribution in [3.8, 4) is 5.75 Å². The molecule has 0 aliphatic carbocycles. The molecule has 2 amide bonds. The Labute approximate surface area is 201 Å². The third-order valence-electron chi connectivity index (χ3n) is 6.86. The highest BCUT2D eigenvalue weighted by atomic mass is 16.6. The van der Waals surface area contributed by atoms with Crippen molar-refractivity contribution in [1.29, 1.82) is 0 Å². The first-order valence-corrected chi connectivity index (χ1v) is 12.5. The number of ether oxygens (including phenoxy) is 2. The van der Waals surface area contributed by atoms with Crippen LogP contribution >= 0.6 is 0 Å². The number of anilines is 1. The maximum absolute atomic E-state index is 12.9. The van der Waals surface area contributed by atoms with Gasteiger partial charge in [-0.1, -0.05) is 12.1 Å². The fourth-order valence-corrected chi connectivity index (χ4v) is 5.28. The number of carbonyl (C=O) groups excluding carboxylic acids is 2. The summed E-state index contributed by atoms with van der Waals surface area (Å²) in [4.78, 5) is 29.0. The van der Waals surface area contributed by atoms with E-state index in [0.29, 0.717) is 13.2 Å². The molecule has 0 saturated carbocycles. The molecule has 34 heavy (non-hydrogen) atoms. The van der Waals surface area contributed by atoms with Crippen LogP contribution in [0.15, 0.2) is 42.2 Å². The lowest BCUT2D eigenvalue weighted by atomic mass is 9.90. The molecule has 0 bridgehead atoms. The standard InChI is InChI=1S/C28H32N2O4/c1-2-33-24-12-10-20(11-13-24)7-3-4-16-30-27(31)25(34-28(30)32)19-21-17-22-8-5-14-29-15-6-9-23(18-21)26(22)29/h10-13,17-19H,2-9,14-16H2,1H3/b25-19+. The van der Waals surface area contributed by atoms with Gasteiger partial charge in [-0.25, -0.2) is 9.69 Å². The molecule has 0 aromatic heterocycles. The topological polar surface area (TPSA) is 59.1 Å². The van der Waals surface area contributed by atoms with Crippen molar-refractivity contribution in [2.75, 3.05) is 31.1 Å². The van der Waals surface area contributed by atoms with E-state index in [1.807, 2.05) is 19.1 Å². The normalized spacial score (nSPS) is 18.3. The lowest BCUT2D eigenvalue weighted by Crippen LogP contribution is -2.34. The zero-order valence-corrected chi connectivity index (χ0v) is 19.8. The van der Waals surface area contributed by atoms with Crippen LogP contribution in [0.3, 0.4) is 0 Å². The van der Waals surface area contributed by atoms with Gasteiger partial charge in [0.2, 0.25) is 0 Å². The Hall–Kier alpha value is -3.28. The number of hydrogen-bond donors (Lipinski definition) is 0. The molecule has 178 valence electrons. The Morgan fingerprint density at radius 1 is 1.00 bits per heavy atom. The van der Waals surface area contributed by atoms with E-state index in [1.54, 1.807) is 6.08 Å². The molecule has 1 saturated heterocycles. The van der Waals surface area contributed by atoms with Crippen LogP contribution in [0.25, 0.3) is 6.08 Å². The first kappa shape index (κ1) is 22.5. The second-order valence-electron chi connectivity index (χ2n) is 9.25. The fraction of sp³-hybridized carbons (Fsp3) is 0.429. The smallest absolute Gasteiger partial charge is 0.422 e. The van der Waals surface area contributed by atoms with Gasteiger partial charge in [0.15, 0.2) is 5.76 Å². The third kappa shape index (κ3) is 4.67. The summed E-state index contributed by atoms with van der Waals surface area (Å²) in [6.45, 7) is 5.25. The number of aryl methyl sites for hydroxylation is 3. The molecule has 1 fully saturated rings. The highest BCUT2D eigenvalue weighted by Gasteiger charge is 2.36. The number of rotatable bonds is 8. The van der Waals surface area contributed by atoms with Crippen LogP contribution in [-0.2, 0) is 28.8 Å². The minimum atomic E-state index is -0.567. The van der Waals surface area contributed by atoms with Crippen LogP contribution in [-0.4, -0.2) is 43.1 Å². The summed E-state index contributed by atoms with van der Waals surface area (Å²) in [6, 6.07) is 12.4. The van der Waals surface area contributed by atoms with Crippen molar-refractivity contribution in [3.05, 3.63) is 64.4 Å². The summed E-state index contributed by atoms with van der Waals surface area (Å²) in [6.07, 6.45) is 8.12. The van der Waals surface area contributed by atoms with Gasteiger partial charge in [-0.3, -0.25) is 4.79 Å². The lowest BCUT2D eigenvalue weighted by Gasteiger charge is -2.37. The zero-order valence-electron chi connectivity index (χ0n) is 19.8. The average Bonchev–Trinajstić information content (AvgIpc) is 3.10. The van der Waals surface area contributed by atoms with E-state index in [1.165, 1.54) is 27.3 Å². The molecular weight excluding hydrogens is 428 g/mol. The quantitative estimate of drug-likeness (QED) is 0.404. The second kappa shape index (κ2) is 9.92. The van der Waals surface area contributed by atoms with E-state index < -0.39 is 6.09 Å². The van der Waals surface area contributed by atoms with Gasteiger partial charge in [0.05, 0.1) is 6.61 Å². The van der Waals surface area contributed by atoms with E-state index in [-0.39, 0.29) is 11.7 Å². The lowest BCUT2D eigenvalue weighted by molar-refractivity contribution is -0.123. The molecule has 3 heterocycles. The Balaban J connectivity index is 1.20. The third-order valence-corrected chi connectivity index (χ3v) is 6.86. The molecule has 2 aromatic carbocycles. The molecule has 0 unspecified atom stereocenters. The Bertz CT molecular complexity index is 1070. The molecule has 0 radical (unpaired) electrons. The monoisotopic (exact) mass is 460 g/mol. The second-order valence-corrected chi connectivity index (χ2v) is 9.25. The van der Waals surface area contributed by atoms with Crippen LogP contribution in [0.4, 0.5) is 10.5 Å². The first-order valence-electron chi connectivity index (χ1n) is 12.5. The van der Waals surface area contributed by atoms with E-state index >= 15 is 0 Å². The summed E-state index contributed by atoms with van der Waals surface area (Å²) in [7, 11) is 0. The van der Waals surface area contributed by atoms with Crippen molar-refractivity contribution < 1.29 is 19.1 Å². The molecule has 5 rings (SSSR count). The van der Waals surface area contributed by atoms with Crippen LogP contribution in [0.1, 0.15) is 54.9 Å². The largest absolute Gasteiger partial charge is 0.494 e. The minimum absolute atomic E-state index is 0.132. The fourth-order valence-electron chi connectivity index (χ4n) is 5.28. The van der Waals surface area contributed by atoms with E-state index in [9.17, 15) is 9.59 Å². The van der Waals surface area contributed by atoms with Gasteiger partial charge in [-0.2, -0.15) is 0 Å². The number of imide groups is 1. The van der Waals surface area contributed by atoms with E-state index in [4.69, 9.17) is 9.47 Å². The van der Waals surface area contributed by atoms with Gasteiger partial charge in [0, 0.05) is 25.3 Å². The van der Waals surface area contributed by atoms with Crippen LogP contribution in [0.5, 0.6) is 5.75 Å². The van der Waals surface area contributed by atoms with Crippen molar-refractivity contribution in [2.24, 2.45) is 0 Å². The Morgan fingerprint density at radius 2 is 1.71 bits per heavy atom. The van der Waals surface area contributed by atoms with Crippen LogP contribution in [0, 0.1) is 0 Å². The number of unbranched alkanes of at least 4 members (excludes halogenated alkanes) is 1. The molecule has 2 aromatic rings. The zero-order chi connectivity index (χ0) is 23.5. The summed E-state index contributed by atoms with van der Waals surface area (Å²) < 4.78 is 10.8. The van der Waals surface area contributed by atoms with E-state index in [2.05, 4.69) is 29.2 Å². The maximum Gasteiger partial charge on any atom is 0.422 e. The predicted molar refractivity (Wildman–Crippen MR) is 132 cm³/mol. The highest BCUT2D eigenvalue weighted by Crippen LogP contribution is 2.36. The molecule has 0 N–H and O–H groups in total. The van der Waals surface area contributed by atoms with Gasteiger partial charge in [0.25, 0.3) is 5.91 Å². The van der Waals surface area contributed by atoms with Crippen molar-refractivity contribution in [3.63, 3.8) is 0 Å². The summed E-state index contributed by atoms with van der Waals surface area (Å²) >= 11 is 0. The van der Waals surface area contributed by atoms with Gasteiger partial charge in [-0.05, 0) is 104 Å². The number of amides is 2. The first-order chi connectivity index (χ1) is 16.6. The summed E-state index contributed by atoms with van der Waals surface area (Å²) in [5, 5.41) is 0. The Morgan fingerprint density at radius 3 is 2.38 bits per heavy atom. The number of hydrogen-bond acceptors (Lipinski definition) is 5. The van der Waals surface area contributed by atoms with Crippen LogP contribution < -0.4 is 9.64 Å². The van der Waals surface area contributed by atoms with Gasteiger partial charge >= 0.3 is 6.09 Å². The van der Waals surface area contributed by atoms with Crippen LogP contribution in [0.2, 0.25) is 0 Å². The van der Waals surface area contributed by atoms with Gasteiger partial charge in [0.1, 0.15) is 5.75 Å². The molecule has 6 nitrogen and oxygen atoms in total. The van der Waals surface area contributed by atoms with Gasteiger partial charge in [-0.15, -0.1) is 0 Å². The van der Waals surface area contributed by atoms with Crippen molar-refractivity contribution in [2.45, 2.75) is 51.9 Å². The number of cyclic esters (lactones) is 1. The van der Waals surface area contributed by atoms with E-state index in [0.717, 1.165) is 69.3 Å². The number of benzene rings is 2. The molecule has 0 spiro atoms. The minimum Gasteiger partial charge on any atom is -0.494 e. The number of carbonyl (C=O) groups is 2. The molecule has 6 heteroatoms. The number of nitrogens with zero attached hydrogens (tertiary/aromatic N) is 2. The molecular formula is C28H32N2O4. The van der Waals surface area contributed by atoms with Crippen molar-refractivity contribution in [1.82, 2.24) is 4.90 Å². The SMILES string of the molecule is CCOc1ccc(CCCCN2C(=O)O/C(=C/c3cc4c5c(c3)CCCN5CCC4)C2=O)cc1. The molecule has 3 aliphatic heterocycles. The highest BCUT2D eigenvalue weighted by molar-refractivity contribution is 6.09. The summed E-state index contributed by atoms with van der Waals surface area (Å²) in [5.41, 5.74) is 6.25. The molecule has 3 aliphatic rings. The average molecular weight is 461 g/mol. The maximum atomic E-state index is 12.9. The van der Waals surface area contributed by atoms with Crippen molar-refractivity contribution >= 4 is 23.8 Å². The predicted octanol–water partition coefficient (Wildman–Crippen LogP) is 5.13.